The molecule has 0 bridgehead atoms. The third-order valence-electron chi connectivity index (χ3n) is 4.35. The Morgan fingerprint density at radius 2 is 2.05 bits per heavy atom. The smallest absolute Gasteiger partial charge is 0.318 e. The minimum absolute atomic E-state index is 0.0592. The lowest BCUT2D eigenvalue weighted by atomic mass is 9.97. The lowest BCUT2D eigenvalue weighted by Gasteiger charge is -2.47. The molecular weight excluding hydrogens is 280 g/mol. The summed E-state index contributed by atoms with van der Waals surface area (Å²) in [5.74, 6) is -2.09. The number of fused-ring (bicyclic) bond motifs is 1. The molecule has 0 radical (unpaired) electrons. The molecule has 1 N–H and O–H groups in total. The van der Waals surface area contributed by atoms with Crippen LogP contribution in [-0.2, 0) is 14.6 Å². The Morgan fingerprint density at radius 1 is 1.30 bits per heavy atom. The fourth-order valence-corrected chi connectivity index (χ4v) is 4.27. The summed E-state index contributed by atoms with van der Waals surface area (Å²) in [6.07, 6.45) is 3.70. The van der Waals surface area contributed by atoms with Gasteiger partial charge in [0.15, 0.2) is 9.84 Å². The second-order valence-electron chi connectivity index (χ2n) is 5.97. The van der Waals surface area contributed by atoms with Gasteiger partial charge in [0.2, 0.25) is 0 Å². The average molecular weight is 304 g/mol. The molecule has 0 aromatic heterocycles. The van der Waals surface area contributed by atoms with Crippen molar-refractivity contribution in [3.05, 3.63) is 0 Å². The van der Waals surface area contributed by atoms with Gasteiger partial charge in [0.1, 0.15) is 5.75 Å². The van der Waals surface area contributed by atoms with E-state index in [1.165, 1.54) is 19.3 Å². The Labute approximate surface area is 120 Å². The van der Waals surface area contributed by atoms with Crippen LogP contribution >= 0.6 is 0 Å². The quantitative estimate of drug-likeness (QED) is 0.773. The van der Waals surface area contributed by atoms with Crippen molar-refractivity contribution >= 4 is 15.8 Å². The van der Waals surface area contributed by atoms with Crippen molar-refractivity contribution in [3.8, 4) is 0 Å². The first-order chi connectivity index (χ1) is 9.37. The summed E-state index contributed by atoms with van der Waals surface area (Å²) in [4.78, 5) is 15.2. The van der Waals surface area contributed by atoms with Crippen LogP contribution in [-0.4, -0.2) is 79.1 Å². The number of aliphatic carboxylic acids is 1. The van der Waals surface area contributed by atoms with Crippen LogP contribution in [0.5, 0.6) is 0 Å². The maximum absolute atomic E-state index is 11.7. The lowest BCUT2D eigenvalue weighted by molar-refractivity contribution is -0.134. The minimum Gasteiger partial charge on any atom is -0.480 e. The van der Waals surface area contributed by atoms with Crippen LogP contribution < -0.4 is 0 Å². The van der Waals surface area contributed by atoms with Crippen LogP contribution in [0.2, 0.25) is 0 Å². The van der Waals surface area contributed by atoms with Crippen LogP contribution in [0.1, 0.15) is 26.2 Å². The van der Waals surface area contributed by atoms with Gasteiger partial charge in [-0.05, 0) is 26.3 Å². The van der Waals surface area contributed by atoms with Crippen LogP contribution in [0.4, 0.5) is 0 Å². The van der Waals surface area contributed by atoms with E-state index in [0.29, 0.717) is 18.6 Å². The Morgan fingerprint density at radius 3 is 2.75 bits per heavy atom. The first kappa shape index (κ1) is 15.7. The number of piperazine rings is 1. The highest BCUT2D eigenvalue weighted by atomic mass is 32.2. The summed E-state index contributed by atoms with van der Waals surface area (Å²) in [5, 5.41) is 8.59. The van der Waals surface area contributed by atoms with Gasteiger partial charge >= 0.3 is 5.97 Å². The number of piperidine rings is 1. The molecule has 0 aromatic carbocycles. The summed E-state index contributed by atoms with van der Waals surface area (Å²) >= 11 is 0. The second kappa shape index (κ2) is 6.41. The van der Waals surface area contributed by atoms with E-state index < -0.39 is 21.6 Å². The molecule has 116 valence electrons. The molecule has 2 saturated heterocycles. The molecule has 2 atom stereocenters. The van der Waals surface area contributed by atoms with Gasteiger partial charge in [-0.25, -0.2) is 8.42 Å². The summed E-state index contributed by atoms with van der Waals surface area (Å²) in [5.41, 5.74) is 0. The summed E-state index contributed by atoms with van der Waals surface area (Å²) in [7, 11) is -3.49. The molecule has 2 heterocycles. The molecule has 20 heavy (non-hydrogen) atoms. The molecule has 0 aromatic rings. The van der Waals surface area contributed by atoms with Gasteiger partial charge in [0.05, 0.1) is 5.75 Å². The Balaban J connectivity index is 1.88. The minimum atomic E-state index is -3.49. The number of carboxylic acid groups (broad SMARTS) is 1. The van der Waals surface area contributed by atoms with Gasteiger partial charge < -0.3 is 5.11 Å². The van der Waals surface area contributed by atoms with Crippen molar-refractivity contribution in [1.82, 2.24) is 9.80 Å². The summed E-state index contributed by atoms with van der Waals surface area (Å²) in [6, 6.07) is 0.881. The Kier molecular flexibility index (Phi) is 5.04. The normalized spacial score (nSPS) is 29.1. The first-order valence-corrected chi connectivity index (χ1v) is 9.10. The van der Waals surface area contributed by atoms with E-state index in [0.717, 1.165) is 19.6 Å². The van der Waals surface area contributed by atoms with E-state index in [4.69, 9.17) is 5.11 Å². The highest BCUT2D eigenvalue weighted by Gasteiger charge is 2.33. The number of sulfone groups is 1. The predicted octanol–water partition coefficient (Wildman–Crippen LogP) is 0.0444. The third-order valence-corrected chi connectivity index (χ3v) is 5.84. The number of hydrogen-bond acceptors (Lipinski definition) is 5. The van der Waals surface area contributed by atoms with E-state index in [-0.39, 0.29) is 5.75 Å². The van der Waals surface area contributed by atoms with Crippen molar-refractivity contribution in [3.63, 3.8) is 0 Å². The number of carbonyl (C=O) groups is 1. The number of rotatable bonds is 5. The van der Waals surface area contributed by atoms with Gasteiger partial charge in [0, 0.05) is 31.7 Å². The zero-order valence-electron chi connectivity index (χ0n) is 12.0. The molecule has 7 heteroatoms. The SMILES string of the molecule is CC1CN2CCCCC2CN1CCS(=O)(=O)CC(=O)O. The second-order valence-corrected chi connectivity index (χ2v) is 8.16. The fourth-order valence-electron chi connectivity index (χ4n) is 3.24. The fraction of sp³-hybridized carbons (Fsp3) is 0.923. The van der Waals surface area contributed by atoms with Crippen LogP contribution in [0.25, 0.3) is 0 Å². The maximum atomic E-state index is 11.7. The Bertz CT molecular complexity index is 451. The van der Waals surface area contributed by atoms with Gasteiger partial charge in [-0.15, -0.1) is 0 Å². The number of hydrogen-bond donors (Lipinski definition) is 1. The van der Waals surface area contributed by atoms with E-state index in [1.54, 1.807) is 0 Å². The van der Waals surface area contributed by atoms with Gasteiger partial charge in [-0.3, -0.25) is 14.6 Å². The predicted molar refractivity (Wildman–Crippen MR) is 76.5 cm³/mol. The molecule has 0 saturated carbocycles. The van der Waals surface area contributed by atoms with Crippen LogP contribution in [0.3, 0.4) is 0 Å². The van der Waals surface area contributed by atoms with Gasteiger partial charge in [-0.1, -0.05) is 6.42 Å². The highest BCUT2D eigenvalue weighted by molar-refractivity contribution is 7.92. The third kappa shape index (κ3) is 4.17. The maximum Gasteiger partial charge on any atom is 0.318 e. The molecule has 0 aliphatic carbocycles. The molecule has 0 amide bonds. The van der Waals surface area contributed by atoms with E-state index >= 15 is 0 Å². The van der Waals surface area contributed by atoms with Crippen molar-refractivity contribution < 1.29 is 18.3 Å². The van der Waals surface area contributed by atoms with Crippen molar-refractivity contribution in [2.75, 3.05) is 37.7 Å². The molecule has 6 nitrogen and oxygen atoms in total. The van der Waals surface area contributed by atoms with Gasteiger partial charge in [-0.2, -0.15) is 0 Å². The average Bonchev–Trinajstić information content (AvgIpc) is 2.34. The lowest BCUT2D eigenvalue weighted by Crippen LogP contribution is -2.59. The van der Waals surface area contributed by atoms with Crippen molar-refractivity contribution in [2.45, 2.75) is 38.3 Å². The van der Waals surface area contributed by atoms with Crippen molar-refractivity contribution in [2.24, 2.45) is 0 Å². The molecule has 2 fully saturated rings. The molecule has 2 aliphatic heterocycles. The van der Waals surface area contributed by atoms with Crippen molar-refractivity contribution in [1.29, 1.82) is 0 Å². The molecule has 2 rings (SSSR count). The molecular formula is C13H24N2O4S. The zero-order valence-corrected chi connectivity index (χ0v) is 12.8. The standard InChI is InChI=1S/C13H24N2O4S/c1-11-8-15-5-3-2-4-12(15)9-14(11)6-7-20(18,19)10-13(16)17/h11-12H,2-10H2,1H3,(H,16,17). The van der Waals surface area contributed by atoms with E-state index in [9.17, 15) is 13.2 Å². The monoisotopic (exact) mass is 304 g/mol. The number of carboxylic acids is 1. The molecule has 2 aliphatic rings. The topological polar surface area (TPSA) is 77.9 Å². The largest absolute Gasteiger partial charge is 0.480 e. The summed E-state index contributed by atoms with van der Waals surface area (Å²) < 4.78 is 23.3. The van der Waals surface area contributed by atoms with E-state index in [2.05, 4.69) is 16.7 Å². The molecule has 0 spiro atoms. The van der Waals surface area contributed by atoms with E-state index in [1.807, 2.05) is 0 Å². The number of nitrogens with zero attached hydrogens (tertiary/aromatic N) is 2. The van der Waals surface area contributed by atoms with Crippen LogP contribution in [0, 0.1) is 0 Å². The van der Waals surface area contributed by atoms with Crippen LogP contribution in [0.15, 0.2) is 0 Å². The first-order valence-electron chi connectivity index (χ1n) is 7.28. The van der Waals surface area contributed by atoms with Gasteiger partial charge in [0.25, 0.3) is 0 Å². The highest BCUT2D eigenvalue weighted by Crippen LogP contribution is 2.23. The molecule has 2 unspecified atom stereocenters. The summed E-state index contributed by atoms with van der Waals surface area (Å²) in [6.45, 7) is 5.61. The Hall–Kier alpha value is -0.660. The zero-order chi connectivity index (χ0) is 14.8.